The molecule has 0 spiro atoms. The minimum Gasteiger partial charge on any atom is -0.395 e. The summed E-state index contributed by atoms with van der Waals surface area (Å²) < 4.78 is 1.62. The number of nitrogens with zero attached hydrogens (tertiary/aromatic N) is 3. The SMILES string of the molecule is Cn1cc(C(=O)N(CCO)C2CCC2)cn1. The van der Waals surface area contributed by atoms with E-state index >= 15 is 0 Å². The number of amides is 1. The van der Waals surface area contributed by atoms with Gasteiger partial charge in [0.1, 0.15) is 0 Å². The van der Waals surface area contributed by atoms with E-state index in [1.807, 2.05) is 0 Å². The molecular weight excluding hydrogens is 206 g/mol. The summed E-state index contributed by atoms with van der Waals surface area (Å²) in [7, 11) is 1.79. The lowest BCUT2D eigenvalue weighted by Crippen LogP contribution is -2.45. The second-order valence-electron chi connectivity index (χ2n) is 4.21. The van der Waals surface area contributed by atoms with Gasteiger partial charge >= 0.3 is 0 Å². The first-order valence-corrected chi connectivity index (χ1v) is 5.63. The summed E-state index contributed by atoms with van der Waals surface area (Å²) in [6.45, 7) is 0.431. The van der Waals surface area contributed by atoms with Crippen molar-refractivity contribution in [3.8, 4) is 0 Å². The number of carbonyl (C=O) groups is 1. The Hall–Kier alpha value is -1.36. The molecule has 5 heteroatoms. The van der Waals surface area contributed by atoms with Crippen molar-refractivity contribution in [1.82, 2.24) is 14.7 Å². The number of hydrogen-bond acceptors (Lipinski definition) is 3. The van der Waals surface area contributed by atoms with E-state index in [0.717, 1.165) is 12.8 Å². The van der Waals surface area contributed by atoms with Gasteiger partial charge < -0.3 is 10.0 Å². The molecule has 1 aliphatic rings. The lowest BCUT2D eigenvalue weighted by molar-refractivity contribution is 0.0525. The highest BCUT2D eigenvalue weighted by Gasteiger charge is 2.29. The van der Waals surface area contributed by atoms with Crippen LogP contribution in [-0.4, -0.2) is 44.9 Å². The molecule has 0 radical (unpaired) electrons. The monoisotopic (exact) mass is 223 g/mol. The molecule has 2 rings (SSSR count). The molecule has 1 aromatic rings. The summed E-state index contributed by atoms with van der Waals surface area (Å²) in [6, 6.07) is 0.305. The van der Waals surface area contributed by atoms with Crippen molar-refractivity contribution in [2.24, 2.45) is 7.05 Å². The third-order valence-corrected chi connectivity index (χ3v) is 3.07. The molecule has 1 aliphatic carbocycles. The topological polar surface area (TPSA) is 58.4 Å². The zero-order valence-electron chi connectivity index (χ0n) is 9.46. The van der Waals surface area contributed by atoms with Gasteiger partial charge in [-0.05, 0) is 19.3 Å². The number of aryl methyl sites for hydroxylation is 1. The molecule has 1 fully saturated rings. The molecule has 5 nitrogen and oxygen atoms in total. The third-order valence-electron chi connectivity index (χ3n) is 3.07. The van der Waals surface area contributed by atoms with E-state index in [0.29, 0.717) is 18.2 Å². The zero-order chi connectivity index (χ0) is 11.5. The molecule has 1 saturated carbocycles. The molecule has 0 bridgehead atoms. The predicted molar refractivity (Wildman–Crippen MR) is 59.0 cm³/mol. The van der Waals surface area contributed by atoms with Crippen LogP contribution in [0.1, 0.15) is 29.6 Å². The van der Waals surface area contributed by atoms with Crippen LogP contribution in [-0.2, 0) is 7.05 Å². The second kappa shape index (κ2) is 4.65. The van der Waals surface area contributed by atoms with Crippen LogP contribution in [0.2, 0.25) is 0 Å². The molecule has 88 valence electrons. The quantitative estimate of drug-likeness (QED) is 0.804. The first-order valence-electron chi connectivity index (χ1n) is 5.63. The Morgan fingerprint density at radius 1 is 1.69 bits per heavy atom. The average Bonchev–Trinajstić information content (AvgIpc) is 2.60. The lowest BCUT2D eigenvalue weighted by atomic mass is 9.91. The van der Waals surface area contributed by atoms with Crippen LogP contribution < -0.4 is 0 Å². The Bertz CT molecular complexity index is 371. The van der Waals surface area contributed by atoms with Gasteiger partial charge in [-0.15, -0.1) is 0 Å². The van der Waals surface area contributed by atoms with Crippen molar-refractivity contribution < 1.29 is 9.90 Å². The Balaban J connectivity index is 2.09. The average molecular weight is 223 g/mol. The van der Waals surface area contributed by atoms with Gasteiger partial charge in [0, 0.05) is 25.8 Å². The highest BCUT2D eigenvalue weighted by molar-refractivity contribution is 5.94. The Kier molecular flexibility index (Phi) is 3.24. The van der Waals surface area contributed by atoms with Gasteiger partial charge in [0.05, 0.1) is 18.4 Å². The normalized spacial score (nSPS) is 15.9. The molecule has 0 aliphatic heterocycles. The minimum atomic E-state index is -0.0214. The smallest absolute Gasteiger partial charge is 0.257 e. The van der Waals surface area contributed by atoms with E-state index in [1.54, 1.807) is 29.0 Å². The van der Waals surface area contributed by atoms with Crippen LogP contribution in [0.4, 0.5) is 0 Å². The van der Waals surface area contributed by atoms with E-state index in [1.165, 1.54) is 6.42 Å². The fraction of sp³-hybridized carbons (Fsp3) is 0.636. The van der Waals surface area contributed by atoms with Crippen molar-refractivity contribution in [1.29, 1.82) is 0 Å². The number of aliphatic hydroxyl groups excluding tert-OH is 1. The highest BCUT2D eigenvalue weighted by atomic mass is 16.3. The first kappa shape index (κ1) is 11.1. The Morgan fingerprint density at radius 2 is 2.44 bits per heavy atom. The standard InChI is InChI=1S/C11H17N3O2/c1-13-8-9(7-12-13)11(16)14(5-6-15)10-3-2-4-10/h7-8,10,15H,2-6H2,1H3. The summed E-state index contributed by atoms with van der Waals surface area (Å²) in [6.07, 6.45) is 6.56. The molecule has 0 aromatic carbocycles. The van der Waals surface area contributed by atoms with Crippen molar-refractivity contribution in [3.05, 3.63) is 18.0 Å². The van der Waals surface area contributed by atoms with E-state index in [2.05, 4.69) is 5.10 Å². The van der Waals surface area contributed by atoms with Gasteiger partial charge in [-0.25, -0.2) is 0 Å². The first-order chi connectivity index (χ1) is 7.72. The number of aromatic nitrogens is 2. The maximum absolute atomic E-state index is 12.1. The lowest BCUT2D eigenvalue weighted by Gasteiger charge is -2.37. The Labute approximate surface area is 94.7 Å². The van der Waals surface area contributed by atoms with E-state index in [-0.39, 0.29) is 12.5 Å². The van der Waals surface area contributed by atoms with Crippen molar-refractivity contribution in [3.63, 3.8) is 0 Å². The summed E-state index contributed by atoms with van der Waals surface area (Å²) in [4.78, 5) is 13.9. The zero-order valence-corrected chi connectivity index (χ0v) is 9.46. The van der Waals surface area contributed by atoms with Gasteiger partial charge in [-0.1, -0.05) is 0 Å². The van der Waals surface area contributed by atoms with Gasteiger partial charge in [-0.2, -0.15) is 5.10 Å². The van der Waals surface area contributed by atoms with E-state index in [4.69, 9.17) is 5.11 Å². The van der Waals surface area contributed by atoms with Crippen LogP contribution in [0.25, 0.3) is 0 Å². The molecule has 0 atom stereocenters. The molecule has 0 saturated heterocycles. The number of rotatable bonds is 4. The van der Waals surface area contributed by atoms with E-state index in [9.17, 15) is 4.79 Å². The number of carbonyl (C=O) groups excluding carboxylic acids is 1. The third kappa shape index (κ3) is 2.09. The minimum absolute atomic E-state index is 0.0164. The number of hydrogen-bond donors (Lipinski definition) is 1. The van der Waals surface area contributed by atoms with Crippen molar-refractivity contribution in [2.75, 3.05) is 13.2 Å². The molecule has 1 aromatic heterocycles. The predicted octanol–water partition coefficient (Wildman–Crippen LogP) is 0.407. The van der Waals surface area contributed by atoms with Crippen molar-refractivity contribution in [2.45, 2.75) is 25.3 Å². The summed E-state index contributed by atoms with van der Waals surface area (Å²) in [5.74, 6) is -0.0214. The van der Waals surface area contributed by atoms with Crippen molar-refractivity contribution >= 4 is 5.91 Å². The van der Waals surface area contributed by atoms with Crippen LogP contribution in [0, 0.1) is 0 Å². The maximum atomic E-state index is 12.1. The molecule has 1 amide bonds. The summed E-state index contributed by atoms with van der Waals surface area (Å²) >= 11 is 0. The Morgan fingerprint density at radius 3 is 2.88 bits per heavy atom. The largest absolute Gasteiger partial charge is 0.395 e. The fourth-order valence-corrected chi connectivity index (χ4v) is 1.95. The summed E-state index contributed by atoms with van der Waals surface area (Å²) in [5, 5.41) is 13.0. The van der Waals surface area contributed by atoms with Gasteiger partial charge in [-0.3, -0.25) is 9.48 Å². The highest BCUT2D eigenvalue weighted by Crippen LogP contribution is 2.25. The summed E-state index contributed by atoms with van der Waals surface area (Å²) in [5.41, 5.74) is 0.600. The molecule has 0 unspecified atom stereocenters. The molecule has 1 heterocycles. The van der Waals surface area contributed by atoms with Crippen LogP contribution >= 0.6 is 0 Å². The fourth-order valence-electron chi connectivity index (χ4n) is 1.95. The van der Waals surface area contributed by atoms with Crippen LogP contribution in [0.3, 0.4) is 0 Å². The van der Waals surface area contributed by atoms with Gasteiger partial charge in [0.25, 0.3) is 5.91 Å². The van der Waals surface area contributed by atoms with Crippen LogP contribution in [0.15, 0.2) is 12.4 Å². The molecule has 16 heavy (non-hydrogen) atoms. The number of aliphatic hydroxyl groups is 1. The molecule has 1 N–H and O–H groups in total. The van der Waals surface area contributed by atoms with Gasteiger partial charge in [0.2, 0.25) is 0 Å². The van der Waals surface area contributed by atoms with E-state index < -0.39 is 0 Å². The second-order valence-corrected chi connectivity index (χ2v) is 4.21. The van der Waals surface area contributed by atoms with Gasteiger partial charge in [0.15, 0.2) is 0 Å². The maximum Gasteiger partial charge on any atom is 0.257 e. The molecular formula is C11H17N3O2. The van der Waals surface area contributed by atoms with Crippen LogP contribution in [0.5, 0.6) is 0 Å².